The molecule has 0 bridgehead atoms. The molecule has 5 nitrogen and oxygen atoms in total. The van der Waals surface area contributed by atoms with E-state index in [1.54, 1.807) is 24.4 Å². The lowest BCUT2D eigenvalue weighted by atomic mass is 10.0. The molecule has 0 aliphatic heterocycles. The molecule has 3 rings (SSSR count). The molecule has 0 saturated carbocycles. The highest BCUT2D eigenvalue weighted by Gasteiger charge is 2.21. The lowest BCUT2D eigenvalue weighted by Gasteiger charge is -2.18. The Kier molecular flexibility index (Phi) is 6.29. The SMILES string of the molecule is Cc1ccc(C[C@H](NC(=O)C(=O)Nc2cc(F)cc(F)c2)c2ccccn2)cc1. The van der Waals surface area contributed by atoms with Gasteiger partial charge >= 0.3 is 11.8 Å². The summed E-state index contributed by atoms with van der Waals surface area (Å²) < 4.78 is 26.6. The average molecular weight is 395 g/mol. The van der Waals surface area contributed by atoms with Gasteiger partial charge in [0.25, 0.3) is 0 Å². The van der Waals surface area contributed by atoms with Gasteiger partial charge in [-0.15, -0.1) is 0 Å². The first-order chi connectivity index (χ1) is 13.9. The zero-order chi connectivity index (χ0) is 20.8. The number of aromatic nitrogens is 1. The number of nitrogens with zero attached hydrogens (tertiary/aromatic N) is 1. The molecular formula is C22H19F2N3O2. The standard InChI is InChI=1S/C22H19F2N3O2/c1-14-5-7-15(8-6-14)10-20(19-4-2-3-9-25-19)27-22(29)21(28)26-18-12-16(23)11-17(24)13-18/h2-9,11-13,20H,10H2,1H3,(H,26,28)(H,27,29)/t20-/m0/s1. The quantitative estimate of drug-likeness (QED) is 0.647. The van der Waals surface area contributed by atoms with Gasteiger partial charge in [-0.25, -0.2) is 8.78 Å². The summed E-state index contributed by atoms with van der Waals surface area (Å²) in [6, 6.07) is 15.0. The van der Waals surface area contributed by atoms with Crippen molar-refractivity contribution in [2.45, 2.75) is 19.4 Å². The fraction of sp³-hybridized carbons (Fsp3) is 0.136. The number of nitrogens with one attached hydrogen (secondary N) is 2. The fourth-order valence-corrected chi connectivity index (χ4v) is 2.81. The smallest absolute Gasteiger partial charge is 0.313 e. The number of hydrogen-bond acceptors (Lipinski definition) is 3. The van der Waals surface area contributed by atoms with Crippen molar-refractivity contribution >= 4 is 17.5 Å². The van der Waals surface area contributed by atoms with E-state index in [1.165, 1.54) is 0 Å². The predicted molar refractivity (Wildman–Crippen MR) is 105 cm³/mol. The van der Waals surface area contributed by atoms with Gasteiger partial charge in [0.05, 0.1) is 11.7 Å². The maximum Gasteiger partial charge on any atom is 0.313 e. The number of halogens is 2. The van der Waals surface area contributed by atoms with E-state index in [9.17, 15) is 18.4 Å². The lowest BCUT2D eigenvalue weighted by molar-refractivity contribution is -0.136. The highest BCUT2D eigenvalue weighted by Crippen LogP contribution is 2.18. The Labute approximate surface area is 166 Å². The van der Waals surface area contributed by atoms with Gasteiger partial charge in [0.2, 0.25) is 0 Å². The Morgan fingerprint density at radius 3 is 2.28 bits per heavy atom. The van der Waals surface area contributed by atoms with Crippen LogP contribution in [-0.2, 0) is 16.0 Å². The van der Waals surface area contributed by atoms with E-state index in [0.717, 1.165) is 23.3 Å². The van der Waals surface area contributed by atoms with Crippen molar-refractivity contribution in [1.29, 1.82) is 0 Å². The molecule has 1 atom stereocenters. The summed E-state index contributed by atoms with van der Waals surface area (Å²) in [5.74, 6) is -3.67. The van der Waals surface area contributed by atoms with Gasteiger partial charge in [-0.2, -0.15) is 0 Å². The van der Waals surface area contributed by atoms with Crippen LogP contribution in [0.4, 0.5) is 14.5 Å². The number of hydrogen-bond donors (Lipinski definition) is 2. The second-order valence-electron chi connectivity index (χ2n) is 6.58. The van der Waals surface area contributed by atoms with Crippen LogP contribution in [-0.4, -0.2) is 16.8 Å². The van der Waals surface area contributed by atoms with Crippen LogP contribution in [0.15, 0.2) is 66.9 Å². The number of aryl methyl sites for hydroxylation is 1. The molecule has 0 aliphatic rings. The zero-order valence-electron chi connectivity index (χ0n) is 15.7. The van der Waals surface area contributed by atoms with Gasteiger partial charge in [-0.1, -0.05) is 35.9 Å². The Bertz CT molecular complexity index is 988. The number of pyridine rings is 1. The number of anilines is 1. The summed E-state index contributed by atoms with van der Waals surface area (Å²) >= 11 is 0. The third-order valence-electron chi connectivity index (χ3n) is 4.24. The third-order valence-corrected chi connectivity index (χ3v) is 4.24. The van der Waals surface area contributed by atoms with Crippen molar-refractivity contribution in [3.8, 4) is 0 Å². The van der Waals surface area contributed by atoms with Crippen LogP contribution in [0.1, 0.15) is 22.9 Å². The predicted octanol–water partition coefficient (Wildman–Crippen LogP) is 3.71. The van der Waals surface area contributed by atoms with Gasteiger partial charge in [-0.3, -0.25) is 14.6 Å². The normalized spacial score (nSPS) is 11.6. The number of benzene rings is 2. The zero-order valence-corrected chi connectivity index (χ0v) is 15.7. The van der Waals surface area contributed by atoms with Gasteiger partial charge in [0, 0.05) is 18.0 Å². The molecule has 0 fully saturated rings. The first-order valence-corrected chi connectivity index (χ1v) is 8.95. The molecule has 0 unspecified atom stereocenters. The van der Waals surface area contributed by atoms with Crippen LogP contribution >= 0.6 is 0 Å². The van der Waals surface area contributed by atoms with E-state index in [2.05, 4.69) is 15.6 Å². The summed E-state index contributed by atoms with van der Waals surface area (Å²) in [6.45, 7) is 1.97. The van der Waals surface area contributed by atoms with Crippen LogP contribution in [0.2, 0.25) is 0 Å². The molecule has 2 aromatic carbocycles. The Hall–Kier alpha value is -3.61. The summed E-state index contributed by atoms with van der Waals surface area (Å²) in [5.41, 5.74) is 2.51. The van der Waals surface area contributed by atoms with Gasteiger partial charge in [0.1, 0.15) is 11.6 Å². The molecule has 1 heterocycles. The molecule has 0 saturated heterocycles. The summed E-state index contributed by atoms with van der Waals surface area (Å²) in [7, 11) is 0. The van der Waals surface area contributed by atoms with Crippen molar-refractivity contribution in [2.75, 3.05) is 5.32 Å². The van der Waals surface area contributed by atoms with E-state index in [4.69, 9.17) is 0 Å². The molecular weight excluding hydrogens is 376 g/mol. The number of carbonyl (C=O) groups is 2. The van der Waals surface area contributed by atoms with Crippen molar-refractivity contribution in [3.05, 3.63) is 95.3 Å². The van der Waals surface area contributed by atoms with E-state index in [0.29, 0.717) is 18.2 Å². The van der Waals surface area contributed by atoms with E-state index < -0.39 is 29.5 Å². The molecule has 2 amide bonds. The minimum absolute atomic E-state index is 0.143. The van der Waals surface area contributed by atoms with Crippen LogP contribution in [0.5, 0.6) is 0 Å². The molecule has 148 valence electrons. The number of carbonyl (C=O) groups excluding carboxylic acids is 2. The van der Waals surface area contributed by atoms with Crippen LogP contribution in [0, 0.1) is 18.6 Å². The summed E-state index contributed by atoms with van der Waals surface area (Å²) in [6.07, 6.45) is 2.02. The minimum Gasteiger partial charge on any atom is -0.339 e. The van der Waals surface area contributed by atoms with Crippen molar-refractivity contribution in [3.63, 3.8) is 0 Å². The van der Waals surface area contributed by atoms with Gasteiger partial charge in [0.15, 0.2) is 0 Å². The molecule has 3 aromatic rings. The second-order valence-corrected chi connectivity index (χ2v) is 6.58. The van der Waals surface area contributed by atoms with E-state index in [1.807, 2.05) is 31.2 Å². The summed E-state index contributed by atoms with van der Waals surface area (Å²) in [5, 5.41) is 4.84. The molecule has 0 radical (unpaired) electrons. The van der Waals surface area contributed by atoms with Crippen LogP contribution in [0.25, 0.3) is 0 Å². The fourth-order valence-electron chi connectivity index (χ4n) is 2.81. The maximum atomic E-state index is 13.3. The topological polar surface area (TPSA) is 71.1 Å². The molecule has 0 spiro atoms. The molecule has 7 heteroatoms. The average Bonchev–Trinajstić information content (AvgIpc) is 2.69. The number of amides is 2. The van der Waals surface area contributed by atoms with Crippen molar-refractivity contribution in [1.82, 2.24) is 10.3 Å². The highest BCUT2D eigenvalue weighted by molar-refractivity contribution is 6.39. The molecule has 0 aliphatic carbocycles. The number of rotatable bonds is 5. The van der Waals surface area contributed by atoms with Crippen molar-refractivity contribution < 1.29 is 18.4 Å². The minimum atomic E-state index is -1.03. The molecule has 1 aromatic heterocycles. The Morgan fingerprint density at radius 1 is 0.966 bits per heavy atom. The lowest BCUT2D eigenvalue weighted by Crippen LogP contribution is -2.38. The first kappa shape index (κ1) is 20.1. The maximum absolute atomic E-state index is 13.3. The van der Waals surface area contributed by atoms with Crippen molar-refractivity contribution in [2.24, 2.45) is 0 Å². The largest absolute Gasteiger partial charge is 0.339 e. The third kappa shape index (κ3) is 5.68. The summed E-state index contributed by atoms with van der Waals surface area (Å²) in [4.78, 5) is 28.9. The van der Waals surface area contributed by atoms with Crippen LogP contribution in [0.3, 0.4) is 0 Å². The Balaban J connectivity index is 1.74. The van der Waals surface area contributed by atoms with Crippen LogP contribution < -0.4 is 10.6 Å². The monoisotopic (exact) mass is 395 g/mol. The molecule has 29 heavy (non-hydrogen) atoms. The van der Waals surface area contributed by atoms with Gasteiger partial charge < -0.3 is 10.6 Å². The first-order valence-electron chi connectivity index (χ1n) is 8.95. The Morgan fingerprint density at radius 2 is 1.66 bits per heavy atom. The van der Waals surface area contributed by atoms with Gasteiger partial charge in [-0.05, 0) is 43.2 Å². The highest BCUT2D eigenvalue weighted by atomic mass is 19.1. The second kappa shape index (κ2) is 9.05. The van der Waals surface area contributed by atoms with E-state index in [-0.39, 0.29) is 5.69 Å². The molecule has 2 N–H and O–H groups in total. The van der Waals surface area contributed by atoms with E-state index >= 15 is 0 Å².